The van der Waals surface area contributed by atoms with Gasteiger partial charge in [-0.2, -0.15) is 0 Å². The van der Waals surface area contributed by atoms with Crippen LogP contribution in [-0.2, 0) is 18.4 Å². The average molecular weight is 845 g/mol. The summed E-state index contributed by atoms with van der Waals surface area (Å²) in [5.74, 6) is -0.238. The van der Waals surface area contributed by atoms with Gasteiger partial charge in [-0.1, -0.05) is 195 Å². The summed E-state index contributed by atoms with van der Waals surface area (Å²) in [4.78, 5) is 22.7. The molecule has 0 aliphatic heterocycles. The summed E-state index contributed by atoms with van der Waals surface area (Å²) in [5.41, 5.74) is 5.38. The van der Waals surface area contributed by atoms with E-state index in [-0.39, 0.29) is 25.7 Å². The van der Waals surface area contributed by atoms with Gasteiger partial charge in [0.15, 0.2) is 0 Å². The van der Waals surface area contributed by atoms with E-state index in [1.165, 1.54) is 96.3 Å². The zero-order valence-electron chi connectivity index (χ0n) is 37.7. The lowest BCUT2D eigenvalue weighted by Crippen LogP contribution is -2.45. The minimum absolute atomic E-state index is 0.0639. The lowest BCUT2D eigenvalue weighted by atomic mass is 10.0. The number of nitrogens with two attached hydrogens (primary N) is 1. The van der Waals surface area contributed by atoms with Gasteiger partial charge in [-0.3, -0.25) is 13.8 Å². The number of aliphatic hydroxyl groups is 1. The van der Waals surface area contributed by atoms with Crippen LogP contribution >= 0.6 is 7.82 Å². The molecule has 0 rings (SSSR count). The number of unbranched alkanes of at least 4 members (excludes halogenated alkanes) is 19. The second-order valence-corrected chi connectivity index (χ2v) is 17.0. The summed E-state index contributed by atoms with van der Waals surface area (Å²) >= 11 is 0. The fourth-order valence-electron chi connectivity index (χ4n) is 6.41. The van der Waals surface area contributed by atoms with Crippen molar-refractivity contribution in [3.8, 4) is 0 Å². The van der Waals surface area contributed by atoms with Crippen LogP contribution in [0.1, 0.15) is 194 Å². The molecule has 5 N–H and O–H groups in total. The number of rotatable bonds is 43. The van der Waals surface area contributed by atoms with Crippen molar-refractivity contribution in [2.24, 2.45) is 5.73 Å². The van der Waals surface area contributed by atoms with Crippen molar-refractivity contribution in [1.29, 1.82) is 0 Å². The molecule has 0 aliphatic carbocycles. The fourth-order valence-corrected chi connectivity index (χ4v) is 7.17. The number of carbonyl (C=O) groups excluding carboxylic acids is 1. The Labute approximate surface area is 362 Å². The Balaban J connectivity index is 4.29. The molecule has 0 aromatic rings. The third kappa shape index (κ3) is 43.6. The molecule has 0 fully saturated rings. The quantitative estimate of drug-likeness (QED) is 0.0273. The van der Waals surface area contributed by atoms with E-state index in [9.17, 15) is 19.4 Å². The largest absolute Gasteiger partial charge is 0.472 e. The maximum atomic E-state index is 12.8. The van der Waals surface area contributed by atoms with Gasteiger partial charge in [-0.25, -0.2) is 4.57 Å². The minimum atomic E-state index is -4.37. The Kier molecular flexibility index (Phi) is 43.4. The molecule has 0 saturated carbocycles. The van der Waals surface area contributed by atoms with Gasteiger partial charge in [0, 0.05) is 13.0 Å². The Morgan fingerprint density at radius 2 is 1.00 bits per heavy atom. The van der Waals surface area contributed by atoms with Crippen molar-refractivity contribution >= 4 is 13.7 Å². The molecule has 0 radical (unpaired) electrons. The van der Waals surface area contributed by atoms with E-state index >= 15 is 0 Å². The number of nitrogens with one attached hydrogen (secondary N) is 1. The molecule has 0 heterocycles. The normalized spacial score (nSPS) is 14.7. The van der Waals surface area contributed by atoms with Crippen LogP contribution < -0.4 is 11.1 Å². The van der Waals surface area contributed by atoms with Gasteiger partial charge >= 0.3 is 7.82 Å². The molecule has 3 unspecified atom stereocenters. The van der Waals surface area contributed by atoms with Crippen molar-refractivity contribution in [2.45, 2.75) is 206 Å². The number of allylic oxidation sites excluding steroid dienone is 13. The van der Waals surface area contributed by atoms with Crippen LogP contribution in [0.3, 0.4) is 0 Å². The average Bonchev–Trinajstić information content (AvgIpc) is 3.22. The molecule has 59 heavy (non-hydrogen) atoms. The summed E-state index contributed by atoms with van der Waals surface area (Å²) in [6.45, 7) is 3.97. The van der Waals surface area contributed by atoms with Crippen LogP contribution in [0, 0.1) is 0 Å². The SMILES string of the molecule is CC/C=C\C/C=C\C/C=C\C/C=C\C/C=C\CCCCCC(=O)NC(COP(=O)(O)OCCN)C(O)/C=C/CC/C=C/CCCCCCCCCCCCCCCCC. The number of carbonyl (C=O) groups is 1. The first-order valence-electron chi connectivity index (χ1n) is 23.7. The highest BCUT2D eigenvalue weighted by atomic mass is 31.2. The van der Waals surface area contributed by atoms with E-state index in [0.29, 0.717) is 12.8 Å². The molecular weight excluding hydrogens is 756 g/mol. The highest BCUT2D eigenvalue weighted by Crippen LogP contribution is 2.43. The topological polar surface area (TPSA) is 131 Å². The predicted octanol–water partition coefficient (Wildman–Crippen LogP) is 13.8. The van der Waals surface area contributed by atoms with Crippen molar-refractivity contribution in [1.82, 2.24) is 5.32 Å². The third-order valence-electron chi connectivity index (χ3n) is 9.95. The fraction of sp³-hybridized carbons (Fsp3) is 0.700. The van der Waals surface area contributed by atoms with E-state index in [2.05, 4.69) is 92.1 Å². The molecule has 3 atom stereocenters. The summed E-state index contributed by atoms with van der Waals surface area (Å²) in [7, 11) is -4.37. The summed E-state index contributed by atoms with van der Waals surface area (Å²) in [5, 5.41) is 13.7. The smallest absolute Gasteiger partial charge is 0.387 e. The Hall–Kier alpha value is -2.32. The summed E-state index contributed by atoms with van der Waals surface area (Å²) < 4.78 is 22.1. The van der Waals surface area contributed by atoms with Gasteiger partial charge in [0.05, 0.1) is 25.4 Å². The van der Waals surface area contributed by atoms with Crippen LogP contribution in [0.4, 0.5) is 0 Å². The molecule has 0 aliphatic rings. The zero-order valence-corrected chi connectivity index (χ0v) is 38.6. The van der Waals surface area contributed by atoms with Crippen LogP contribution in [0.15, 0.2) is 85.1 Å². The van der Waals surface area contributed by atoms with Crippen molar-refractivity contribution in [2.75, 3.05) is 19.8 Å². The first kappa shape index (κ1) is 56.7. The number of phosphoric acid groups is 1. The lowest BCUT2D eigenvalue weighted by molar-refractivity contribution is -0.123. The van der Waals surface area contributed by atoms with Gasteiger partial charge in [-0.05, 0) is 77.0 Å². The number of hydrogen-bond acceptors (Lipinski definition) is 6. The number of amides is 1. The van der Waals surface area contributed by atoms with E-state index in [0.717, 1.165) is 70.6 Å². The first-order chi connectivity index (χ1) is 28.9. The summed E-state index contributed by atoms with van der Waals surface area (Å²) in [6.07, 6.45) is 60.7. The molecule has 0 aromatic heterocycles. The number of phosphoric ester groups is 1. The van der Waals surface area contributed by atoms with E-state index in [1.54, 1.807) is 6.08 Å². The molecule has 0 aromatic carbocycles. The Morgan fingerprint density at radius 1 is 0.576 bits per heavy atom. The van der Waals surface area contributed by atoms with Crippen molar-refractivity contribution < 1.29 is 28.4 Å². The zero-order chi connectivity index (χ0) is 43.2. The second-order valence-electron chi connectivity index (χ2n) is 15.6. The van der Waals surface area contributed by atoms with Crippen LogP contribution in [0.2, 0.25) is 0 Å². The summed E-state index contributed by atoms with van der Waals surface area (Å²) in [6, 6.07) is -0.900. The maximum absolute atomic E-state index is 12.8. The Morgan fingerprint density at radius 3 is 1.51 bits per heavy atom. The van der Waals surface area contributed by atoms with E-state index in [1.807, 2.05) is 6.08 Å². The maximum Gasteiger partial charge on any atom is 0.472 e. The van der Waals surface area contributed by atoms with Crippen LogP contribution in [0.25, 0.3) is 0 Å². The van der Waals surface area contributed by atoms with Gasteiger partial charge < -0.3 is 21.1 Å². The molecule has 340 valence electrons. The van der Waals surface area contributed by atoms with Crippen LogP contribution in [0.5, 0.6) is 0 Å². The van der Waals surface area contributed by atoms with E-state index < -0.39 is 20.0 Å². The molecule has 9 heteroatoms. The number of aliphatic hydroxyl groups excluding tert-OH is 1. The first-order valence-corrected chi connectivity index (χ1v) is 25.2. The molecule has 0 saturated heterocycles. The molecular formula is C50H89N2O6P. The standard InChI is InChI=1S/C50H89N2O6P/c1-3-5-7-9-11-13-15-17-19-21-23-24-26-27-29-31-33-35-37-39-41-43-49(53)48(47-58-59(55,56)57-46-45-51)52-50(54)44-42-40-38-36-34-32-30-28-25-22-20-18-16-14-12-10-8-6-4-2/h6,8,12,14,18,20,25,28,32-35,41,43,48-49,53H,3-5,7,9-11,13,15-17,19,21-24,26-27,29-31,36-40,42,44-47,51H2,1-2H3,(H,52,54)(H,55,56)/b8-6-,14-12-,20-18-,28-25-,34-32-,35-33+,43-41+. The highest BCUT2D eigenvalue weighted by Gasteiger charge is 2.26. The second kappa shape index (κ2) is 45.2. The molecule has 0 bridgehead atoms. The minimum Gasteiger partial charge on any atom is -0.387 e. The highest BCUT2D eigenvalue weighted by molar-refractivity contribution is 7.47. The lowest BCUT2D eigenvalue weighted by Gasteiger charge is -2.23. The monoisotopic (exact) mass is 845 g/mol. The molecule has 1 amide bonds. The molecule has 0 spiro atoms. The predicted molar refractivity (Wildman–Crippen MR) is 253 cm³/mol. The van der Waals surface area contributed by atoms with Crippen molar-refractivity contribution in [3.63, 3.8) is 0 Å². The van der Waals surface area contributed by atoms with Gasteiger partial charge in [-0.15, -0.1) is 0 Å². The molecule has 8 nitrogen and oxygen atoms in total. The van der Waals surface area contributed by atoms with Gasteiger partial charge in [0.1, 0.15) is 0 Å². The van der Waals surface area contributed by atoms with Crippen molar-refractivity contribution in [3.05, 3.63) is 85.1 Å². The Bertz CT molecular complexity index is 1190. The van der Waals surface area contributed by atoms with E-state index in [4.69, 9.17) is 14.8 Å². The number of hydrogen-bond donors (Lipinski definition) is 4. The van der Waals surface area contributed by atoms with Gasteiger partial charge in [0.2, 0.25) is 5.91 Å². The van der Waals surface area contributed by atoms with Crippen LogP contribution in [-0.4, -0.2) is 47.8 Å². The van der Waals surface area contributed by atoms with Gasteiger partial charge in [0.25, 0.3) is 0 Å². The third-order valence-corrected chi connectivity index (χ3v) is 10.9.